The van der Waals surface area contributed by atoms with Crippen molar-refractivity contribution in [3.63, 3.8) is 0 Å². The first-order chi connectivity index (χ1) is 11.2. The molecule has 0 atom stereocenters. The molecule has 2 aromatic rings. The number of thioether (sulfide) groups is 2. The van der Waals surface area contributed by atoms with Gasteiger partial charge in [0.05, 0.1) is 12.0 Å². The topological polar surface area (TPSA) is 53.8 Å². The fourth-order valence-electron chi connectivity index (χ4n) is 2.07. The molecule has 23 heavy (non-hydrogen) atoms. The van der Waals surface area contributed by atoms with Crippen LogP contribution in [0.1, 0.15) is 5.56 Å². The van der Waals surface area contributed by atoms with Gasteiger partial charge in [-0.2, -0.15) is 5.10 Å². The quantitative estimate of drug-likeness (QED) is 0.525. The Labute approximate surface area is 143 Å². The summed E-state index contributed by atoms with van der Waals surface area (Å²) < 4.78 is 0. The standard InChI is InChI=1S/C17H15N3OS2/c1-22-15-8-6-14(7-9-15)13-4-2-12(3-5-13)10-18-20-17-19-16(21)11-23-17/h2-10H,11H2,1H3,(H,19,20,21). The van der Waals surface area contributed by atoms with Crippen LogP contribution in [0.3, 0.4) is 0 Å². The summed E-state index contributed by atoms with van der Waals surface area (Å²) in [5.41, 5.74) is 3.32. The molecule has 2 aromatic carbocycles. The predicted octanol–water partition coefficient (Wildman–Crippen LogP) is 3.63. The third-order valence-electron chi connectivity index (χ3n) is 3.28. The van der Waals surface area contributed by atoms with Crippen molar-refractivity contribution in [3.8, 4) is 11.1 Å². The maximum atomic E-state index is 11.0. The first-order valence-electron chi connectivity index (χ1n) is 7.03. The van der Waals surface area contributed by atoms with Crippen molar-refractivity contribution in [1.82, 2.24) is 5.32 Å². The highest BCUT2D eigenvalue weighted by Gasteiger charge is 2.15. The van der Waals surface area contributed by atoms with Gasteiger partial charge in [-0.1, -0.05) is 48.2 Å². The third kappa shape index (κ3) is 4.24. The second kappa shape index (κ2) is 7.48. The second-order valence-electron chi connectivity index (χ2n) is 4.84. The number of hydrogen-bond acceptors (Lipinski definition) is 5. The lowest BCUT2D eigenvalue weighted by Crippen LogP contribution is -2.19. The average Bonchev–Trinajstić information content (AvgIpc) is 3.01. The van der Waals surface area contributed by atoms with Crippen LogP contribution in [0.2, 0.25) is 0 Å². The van der Waals surface area contributed by atoms with Crippen molar-refractivity contribution in [2.75, 3.05) is 12.0 Å². The molecule has 0 aromatic heterocycles. The highest BCUT2D eigenvalue weighted by molar-refractivity contribution is 8.15. The van der Waals surface area contributed by atoms with E-state index in [0.29, 0.717) is 10.9 Å². The number of hydrogen-bond donors (Lipinski definition) is 1. The van der Waals surface area contributed by atoms with Crippen LogP contribution < -0.4 is 5.32 Å². The smallest absolute Gasteiger partial charge is 0.236 e. The van der Waals surface area contributed by atoms with Gasteiger partial charge in [-0.05, 0) is 35.1 Å². The van der Waals surface area contributed by atoms with Gasteiger partial charge in [-0.3, -0.25) is 4.79 Å². The molecule has 1 aliphatic heterocycles. The van der Waals surface area contributed by atoms with Crippen molar-refractivity contribution >= 4 is 40.8 Å². The van der Waals surface area contributed by atoms with Gasteiger partial charge >= 0.3 is 0 Å². The van der Waals surface area contributed by atoms with Crippen molar-refractivity contribution < 1.29 is 4.79 Å². The van der Waals surface area contributed by atoms with Crippen LogP contribution in [0, 0.1) is 0 Å². The maximum absolute atomic E-state index is 11.0. The average molecular weight is 341 g/mol. The van der Waals surface area contributed by atoms with E-state index in [1.54, 1.807) is 18.0 Å². The number of nitrogens with zero attached hydrogens (tertiary/aromatic N) is 2. The number of amides is 1. The van der Waals surface area contributed by atoms with Gasteiger partial charge in [0.15, 0.2) is 5.17 Å². The summed E-state index contributed by atoms with van der Waals surface area (Å²) in [4.78, 5) is 12.3. The van der Waals surface area contributed by atoms with Crippen molar-refractivity contribution in [2.45, 2.75) is 4.90 Å². The molecule has 1 saturated heterocycles. The van der Waals surface area contributed by atoms with E-state index in [0.717, 1.165) is 5.56 Å². The zero-order valence-electron chi connectivity index (χ0n) is 12.5. The van der Waals surface area contributed by atoms with Gasteiger partial charge in [0, 0.05) is 4.90 Å². The van der Waals surface area contributed by atoms with E-state index in [-0.39, 0.29) is 5.91 Å². The van der Waals surface area contributed by atoms with E-state index in [9.17, 15) is 4.79 Å². The molecule has 0 unspecified atom stereocenters. The predicted molar refractivity (Wildman–Crippen MR) is 99.3 cm³/mol. The Bertz CT molecular complexity index is 752. The number of carbonyl (C=O) groups excluding carboxylic acids is 1. The summed E-state index contributed by atoms with van der Waals surface area (Å²) in [5, 5.41) is 11.2. The molecule has 1 fully saturated rings. The summed E-state index contributed by atoms with van der Waals surface area (Å²) >= 11 is 3.10. The van der Waals surface area contributed by atoms with E-state index >= 15 is 0 Å². The minimum atomic E-state index is -0.0270. The lowest BCUT2D eigenvalue weighted by atomic mass is 10.0. The molecule has 0 radical (unpaired) electrons. The second-order valence-corrected chi connectivity index (χ2v) is 6.68. The summed E-state index contributed by atoms with van der Waals surface area (Å²) in [6.45, 7) is 0. The van der Waals surface area contributed by atoms with E-state index < -0.39 is 0 Å². The molecule has 3 rings (SSSR count). The minimum Gasteiger partial charge on any atom is -0.303 e. The van der Waals surface area contributed by atoms with Gasteiger partial charge < -0.3 is 5.32 Å². The van der Waals surface area contributed by atoms with E-state index in [2.05, 4.69) is 58.2 Å². The minimum absolute atomic E-state index is 0.0270. The fraction of sp³-hybridized carbons (Fsp3) is 0.118. The van der Waals surface area contributed by atoms with Crippen LogP contribution in [0.5, 0.6) is 0 Å². The molecule has 0 spiro atoms. The molecular weight excluding hydrogens is 326 g/mol. The number of rotatable bonds is 4. The Balaban J connectivity index is 1.68. The summed E-state index contributed by atoms with van der Waals surface area (Å²) in [6.07, 6.45) is 3.75. The fourth-order valence-corrected chi connectivity index (χ4v) is 3.11. The number of carbonyl (C=O) groups is 1. The molecule has 4 nitrogen and oxygen atoms in total. The van der Waals surface area contributed by atoms with E-state index in [1.807, 2.05) is 12.1 Å². The van der Waals surface area contributed by atoms with Gasteiger partial charge in [0.2, 0.25) is 5.91 Å². The van der Waals surface area contributed by atoms with Crippen molar-refractivity contribution in [2.24, 2.45) is 10.2 Å². The summed E-state index contributed by atoms with van der Waals surface area (Å²) in [5.74, 6) is 0.388. The Morgan fingerprint density at radius 1 is 1.09 bits per heavy atom. The Kier molecular flexibility index (Phi) is 5.15. The Hall–Kier alpha value is -2.05. The highest BCUT2D eigenvalue weighted by Crippen LogP contribution is 2.23. The molecule has 0 bridgehead atoms. The van der Waals surface area contributed by atoms with Gasteiger partial charge in [-0.15, -0.1) is 16.9 Å². The van der Waals surface area contributed by atoms with Gasteiger partial charge in [0.25, 0.3) is 0 Å². The van der Waals surface area contributed by atoms with E-state index in [1.165, 1.54) is 27.8 Å². The molecule has 0 saturated carbocycles. The molecule has 1 N–H and O–H groups in total. The van der Waals surface area contributed by atoms with Crippen molar-refractivity contribution in [1.29, 1.82) is 0 Å². The molecule has 1 amide bonds. The normalized spacial score (nSPS) is 16.2. The molecule has 116 valence electrons. The lowest BCUT2D eigenvalue weighted by molar-refractivity contribution is -0.116. The SMILES string of the molecule is CSc1ccc(-c2ccc(C=NN=C3NC(=O)CS3)cc2)cc1. The molecule has 0 aliphatic carbocycles. The van der Waals surface area contributed by atoms with Crippen LogP contribution in [-0.4, -0.2) is 29.3 Å². The first-order valence-corrected chi connectivity index (χ1v) is 9.24. The maximum Gasteiger partial charge on any atom is 0.236 e. The van der Waals surface area contributed by atoms with Crippen molar-refractivity contribution in [3.05, 3.63) is 54.1 Å². The zero-order valence-corrected chi connectivity index (χ0v) is 14.2. The third-order valence-corrected chi connectivity index (χ3v) is 4.88. The summed E-state index contributed by atoms with van der Waals surface area (Å²) in [7, 11) is 0. The molecule has 1 heterocycles. The molecule has 1 aliphatic rings. The monoisotopic (exact) mass is 341 g/mol. The molecule has 6 heteroatoms. The lowest BCUT2D eigenvalue weighted by Gasteiger charge is -2.03. The molecular formula is C17H15N3OS2. The van der Waals surface area contributed by atoms with Crippen LogP contribution in [-0.2, 0) is 4.79 Å². The van der Waals surface area contributed by atoms with Crippen LogP contribution in [0.4, 0.5) is 0 Å². The summed E-state index contributed by atoms with van der Waals surface area (Å²) in [6, 6.07) is 16.6. The highest BCUT2D eigenvalue weighted by atomic mass is 32.2. The van der Waals surface area contributed by atoms with Crippen LogP contribution >= 0.6 is 23.5 Å². The first kappa shape index (κ1) is 15.8. The van der Waals surface area contributed by atoms with E-state index in [4.69, 9.17) is 0 Å². The van der Waals surface area contributed by atoms with Crippen LogP contribution in [0.25, 0.3) is 11.1 Å². The number of benzene rings is 2. The zero-order chi connectivity index (χ0) is 16.1. The number of nitrogens with one attached hydrogen (secondary N) is 1. The van der Waals surface area contributed by atoms with Gasteiger partial charge in [0.1, 0.15) is 0 Å². The Morgan fingerprint density at radius 2 is 1.74 bits per heavy atom. The largest absolute Gasteiger partial charge is 0.303 e. The number of amidine groups is 1. The van der Waals surface area contributed by atoms with Gasteiger partial charge in [-0.25, -0.2) is 0 Å². The Morgan fingerprint density at radius 3 is 2.30 bits per heavy atom. The van der Waals surface area contributed by atoms with Crippen LogP contribution in [0.15, 0.2) is 63.6 Å².